The second-order valence-corrected chi connectivity index (χ2v) is 22.7. The molecule has 402 valence electrons. The second kappa shape index (κ2) is 56.1. The fourth-order valence-corrected chi connectivity index (χ4v) is 9.78. The Balaban J connectivity index is 0. The number of hydrogen-bond donors (Lipinski definition) is 1. The fraction of sp³-hybridized carbons (Fsp3) is 0.968. The van der Waals surface area contributed by atoms with E-state index in [1.54, 1.807) is 0 Å². The van der Waals surface area contributed by atoms with Crippen molar-refractivity contribution in [3.05, 3.63) is 0 Å². The number of aliphatic hydroxyl groups is 1. The highest BCUT2D eigenvalue weighted by atomic mass is 16.3. The number of carbonyl (C=O) groups excluding carboxylic acids is 2. The molecule has 0 unspecified atom stereocenters. The largest absolute Gasteiger partial charge is 0.395 e. The molecule has 0 rings (SSSR count). The first-order chi connectivity index (χ1) is 32.6. The van der Waals surface area contributed by atoms with Crippen molar-refractivity contribution in [3.8, 4) is 0 Å². The first-order valence-electron chi connectivity index (χ1n) is 30.8. The molecule has 0 aromatic carbocycles. The van der Waals surface area contributed by atoms with E-state index >= 15 is 0 Å². The zero-order valence-electron chi connectivity index (χ0n) is 47.5. The van der Waals surface area contributed by atoms with Crippen molar-refractivity contribution >= 4 is 11.6 Å². The third kappa shape index (κ3) is 57.7. The van der Waals surface area contributed by atoms with Gasteiger partial charge in [0.2, 0.25) is 0 Å². The van der Waals surface area contributed by atoms with Gasteiger partial charge < -0.3 is 14.5 Å². The maximum Gasteiger partial charge on any atom is 0.144 e. The molecule has 5 nitrogen and oxygen atoms in total. The zero-order valence-corrected chi connectivity index (χ0v) is 47.5. The number of quaternary nitrogens is 1. The van der Waals surface area contributed by atoms with E-state index in [2.05, 4.69) is 41.9 Å². The first-order valence-corrected chi connectivity index (χ1v) is 30.8. The topological polar surface area (TPSA) is 57.6 Å². The molecule has 0 aliphatic carbocycles. The van der Waals surface area contributed by atoms with Gasteiger partial charge >= 0.3 is 0 Å². The van der Waals surface area contributed by atoms with E-state index in [1.165, 1.54) is 276 Å². The molecule has 0 saturated heterocycles. The fourth-order valence-electron chi connectivity index (χ4n) is 9.78. The number of rotatable bonds is 55. The first kappa shape index (κ1) is 68.3. The minimum absolute atomic E-state index is 0.0588. The van der Waals surface area contributed by atoms with Crippen LogP contribution in [0.3, 0.4) is 0 Å². The number of hydrogen-bond acceptors (Lipinski definition) is 4. The lowest BCUT2D eigenvalue weighted by molar-refractivity contribution is -0.870. The van der Waals surface area contributed by atoms with Crippen LogP contribution >= 0.6 is 0 Å². The number of Topliss-reactive ketones (excluding diaryl/α,β-unsaturated/α-hetero) is 2. The zero-order chi connectivity index (χ0) is 49.6. The lowest BCUT2D eigenvalue weighted by atomic mass is 9.91. The van der Waals surface area contributed by atoms with E-state index in [-0.39, 0.29) is 18.2 Å². The van der Waals surface area contributed by atoms with Gasteiger partial charge in [-0.2, -0.15) is 0 Å². The van der Waals surface area contributed by atoms with Gasteiger partial charge in [0.15, 0.2) is 0 Å². The molecule has 0 atom stereocenters. The number of aliphatic hydroxyl groups excluding tert-OH is 1. The second-order valence-electron chi connectivity index (χ2n) is 22.7. The molecule has 0 saturated carbocycles. The van der Waals surface area contributed by atoms with Gasteiger partial charge in [-0.25, -0.2) is 0 Å². The highest BCUT2D eigenvalue weighted by Gasteiger charge is 2.26. The van der Waals surface area contributed by atoms with Gasteiger partial charge in [-0.1, -0.05) is 290 Å². The van der Waals surface area contributed by atoms with Crippen LogP contribution in [0.5, 0.6) is 0 Å². The highest BCUT2D eigenvalue weighted by molar-refractivity contribution is 6.02. The Bertz CT molecular complexity index is 921. The number of nitrogens with zero attached hydrogens (tertiary/aromatic N) is 2. The van der Waals surface area contributed by atoms with Gasteiger partial charge in [0.1, 0.15) is 11.6 Å². The standard InChI is InChI=1S/C37H73NO3.C25H54N/c1-4-6-8-10-12-14-16-18-20-22-24-26-28-30-36(40)35(34-38(3)32-33-39)37(41)31-29-27-25-23-21-19-17-15-13-11-9-7-5-2;1-5-6-7-8-9-10-11-12-13-14-15-16-17-18-19-20-21-22-23-24-25-26(2,3)4/h35,39H,4-34H2,1-3H3;5-25H2,1-4H3/q;+1. The van der Waals surface area contributed by atoms with E-state index < -0.39 is 5.92 Å². The third-order valence-corrected chi connectivity index (χ3v) is 14.5. The summed E-state index contributed by atoms with van der Waals surface area (Å²) in [6, 6.07) is 0. The molecule has 0 heterocycles. The third-order valence-electron chi connectivity index (χ3n) is 14.5. The van der Waals surface area contributed by atoms with Crippen LogP contribution in [0.1, 0.15) is 329 Å². The lowest BCUT2D eigenvalue weighted by Gasteiger charge is -2.23. The summed E-state index contributed by atoms with van der Waals surface area (Å²) in [6.45, 7) is 9.20. The van der Waals surface area contributed by atoms with Gasteiger partial charge in [-0.3, -0.25) is 9.59 Å². The van der Waals surface area contributed by atoms with Crippen molar-refractivity contribution in [1.29, 1.82) is 0 Å². The van der Waals surface area contributed by atoms with Crippen LogP contribution in [-0.4, -0.2) is 80.5 Å². The minimum Gasteiger partial charge on any atom is -0.395 e. The number of carbonyl (C=O) groups is 2. The molecule has 0 amide bonds. The van der Waals surface area contributed by atoms with Crippen molar-refractivity contribution in [2.75, 3.05) is 54.4 Å². The molecule has 0 aromatic rings. The molecule has 0 fully saturated rings. The van der Waals surface area contributed by atoms with Crippen LogP contribution in [0.2, 0.25) is 0 Å². The summed E-state index contributed by atoms with van der Waals surface area (Å²) in [5.74, 6) is -0.267. The molecule has 0 aliphatic heterocycles. The Morgan fingerprint density at radius 2 is 0.567 bits per heavy atom. The van der Waals surface area contributed by atoms with E-state index in [1.807, 2.05) is 11.9 Å². The molecule has 1 N–H and O–H groups in total. The predicted molar refractivity (Wildman–Crippen MR) is 300 cm³/mol. The van der Waals surface area contributed by atoms with Gasteiger partial charge in [-0.05, 0) is 32.7 Å². The molecule has 0 radical (unpaired) electrons. The summed E-state index contributed by atoms with van der Waals surface area (Å²) in [6.07, 6.45) is 64.0. The van der Waals surface area contributed by atoms with Crippen molar-refractivity contribution in [2.45, 2.75) is 329 Å². The van der Waals surface area contributed by atoms with Crippen molar-refractivity contribution in [3.63, 3.8) is 0 Å². The van der Waals surface area contributed by atoms with Gasteiger partial charge in [-0.15, -0.1) is 0 Å². The molecule has 0 spiro atoms. The summed E-state index contributed by atoms with van der Waals surface area (Å²) in [5.41, 5.74) is 0. The average molecular weight is 949 g/mol. The molecule has 0 bridgehead atoms. The highest BCUT2D eigenvalue weighted by Crippen LogP contribution is 2.19. The van der Waals surface area contributed by atoms with Crippen molar-refractivity contribution in [1.82, 2.24) is 4.90 Å². The Morgan fingerprint density at radius 1 is 0.358 bits per heavy atom. The van der Waals surface area contributed by atoms with Gasteiger partial charge in [0.05, 0.1) is 40.2 Å². The van der Waals surface area contributed by atoms with Crippen LogP contribution in [0.15, 0.2) is 0 Å². The Hall–Kier alpha value is -0.780. The van der Waals surface area contributed by atoms with E-state index in [9.17, 15) is 14.7 Å². The normalized spacial score (nSPS) is 11.8. The van der Waals surface area contributed by atoms with Crippen molar-refractivity contribution < 1.29 is 19.2 Å². The molecular formula is C62H127N2O3+. The molecule has 5 heteroatoms. The minimum atomic E-state index is -0.513. The van der Waals surface area contributed by atoms with E-state index in [0.29, 0.717) is 25.9 Å². The molecular weight excluding hydrogens is 821 g/mol. The summed E-state index contributed by atoms with van der Waals surface area (Å²) in [4.78, 5) is 28.0. The van der Waals surface area contributed by atoms with Crippen LogP contribution in [0, 0.1) is 5.92 Å². The summed E-state index contributed by atoms with van der Waals surface area (Å²) >= 11 is 0. The monoisotopic (exact) mass is 948 g/mol. The van der Waals surface area contributed by atoms with Crippen LogP contribution in [0.25, 0.3) is 0 Å². The van der Waals surface area contributed by atoms with Crippen molar-refractivity contribution in [2.24, 2.45) is 5.92 Å². The number of ketones is 2. The maximum atomic E-state index is 13.0. The maximum absolute atomic E-state index is 13.0. The lowest BCUT2D eigenvalue weighted by Crippen LogP contribution is -2.37. The number of unbranched alkanes of at least 4 members (excludes halogenated alkanes) is 43. The Labute approximate surface area is 423 Å². The van der Waals surface area contributed by atoms with Crippen LogP contribution in [0.4, 0.5) is 0 Å². The predicted octanol–water partition coefficient (Wildman–Crippen LogP) is 19.1. The molecule has 0 aromatic heterocycles. The average Bonchev–Trinajstić information content (AvgIpc) is 3.30. The number of likely N-dealkylation sites (N-methyl/N-ethyl adjacent to an activating group) is 1. The van der Waals surface area contributed by atoms with Gasteiger partial charge in [0.25, 0.3) is 0 Å². The van der Waals surface area contributed by atoms with Crippen LogP contribution in [-0.2, 0) is 9.59 Å². The van der Waals surface area contributed by atoms with E-state index in [4.69, 9.17) is 0 Å². The Morgan fingerprint density at radius 3 is 0.776 bits per heavy atom. The smallest absolute Gasteiger partial charge is 0.144 e. The quantitative estimate of drug-likeness (QED) is 0.0375. The summed E-state index contributed by atoms with van der Waals surface area (Å²) < 4.78 is 1.12. The SMILES string of the molecule is CCCCCCCCCCCCCCCC(=O)C(CN(C)CCO)C(=O)CCCCCCCCCCCCCCC.CCCCCCCCCCCCCCCCCCCCCC[N+](C)(C)C. The Kier molecular flexibility index (Phi) is 57.2. The van der Waals surface area contributed by atoms with Gasteiger partial charge in [0, 0.05) is 25.9 Å². The van der Waals surface area contributed by atoms with E-state index in [0.717, 1.165) is 30.2 Å². The summed E-state index contributed by atoms with van der Waals surface area (Å²) in [7, 11) is 8.81. The molecule has 0 aliphatic rings. The summed E-state index contributed by atoms with van der Waals surface area (Å²) in [5, 5.41) is 9.29. The van der Waals surface area contributed by atoms with Crippen LogP contribution < -0.4 is 0 Å². The molecule has 67 heavy (non-hydrogen) atoms.